The van der Waals surface area contributed by atoms with E-state index in [0.29, 0.717) is 11.4 Å². The zero-order chi connectivity index (χ0) is 30.0. The molecule has 0 bridgehead atoms. The number of anilines is 1. The van der Waals surface area contributed by atoms with Gasteiger partial charge in [0.2, 0.25) is 5.91 Å². The molecule has 1 heterocycles. The number of amides is 4. The van der Waals surface area contributed by atoms with E-state index in [1.54, 1.807) is 18.3 Å². The Morgan fingerprint density at radius 3 is 2.59 bits per heavy atom. The third-order valence-electron chi connectivity index (χ3n) is 6.49. The molecule has 2 aromatic carbocycles. The van der Waals surface area contributed by atoms with Crippen LogP contribution in [0.5, 0.6) is 0 Å². The van der Waals surface area contributed by atoms with Crippen molar-refractivity contribution >= 4 is 46.2 Å². The average molecular weight is 588 g/mol. The number of aromatic nitrogens is 1. The van der Waals surface area contributed by atoms with Crippen LogP contribution < -0.4 is 16.0 Å². The quantitative estimate of drug-likeness (QED) is 0.243. The van der Waals surface area contributed by atoms with E-state index in [-0.39, 0.29) is 50.1 Å². The van der Waals surface area contributed by atoms with Crippen LogP contribution in [0.2, 0.25) is 5.02 Å². The molecule has 1 aromatic heterocycles. The Balaban J connectivity index is 1.62. The van der Waals surface area contributed by atoms with E-state index in [0.717, 1.165) is 10.8 Å². The molecular formula is C29H35ClFN5O5. The van der Waals surface area contributed by atoms with Gasteiger partial charge in [-0.05, 0) is 29.5 Å². The fourth-order valence-corrected chi connectivity index (χ4v) is 3.97. The van der Waals surface area contributed by atoms with Crippen molar-refractivity contribution in [3.8, 4) is 0 Å². The molecular weight excluding hydrogens is 553 g/mol. The smallest absolute Gasteiger partial charge is 0.412 e. The van der Waals surface area contributed by atoms with Gasteiger partial charge in [0.1, 0.15) is 18.2 Å². The third-order valence-corrected chi connectivity index (χ3v) is 6.92. The summed E-state index contributed by atoms with van der Waals surface area (Å²) in [6.07, 6.45) is 1.08. The first kappa shape index (κ1) is 31.6. The second-order valence-electron chi connectivity index (χ2n) is 10.4. The van der Waals surface area contributed by atoms with E-state index in [1.807, 2.05) is 38.1 Å². The average Bonchev–Trinajstić information content (AvgIpc) is 2.96. The predicted molar refractivity (Wildman–Crippen MR) is 155 cm³/mol. The zero-order valence-corrected chi connectivity index (χ0v) is 24.0. The lowest BCUT2D eigenvalue weighted by Gasteiger charge is -2.28. The van der Waals surface area contributed by atoms with Crippen LogP contribution in [0.4, 0.5) is 19.8 Å². The predicted octanol–water partition coefficient (Wildman–Crippen LogP) is 4.70. The Hall–Kier alpha value is -3.96. The molecule has 4 amide bonds. The van der Waals surface area contributed by atoms with Crippen LogP contribution >= 0.6 is 11.6 Å². The number of aliphatic hydroxyl groups is 1. The number of halogens is 2. The normalized spacial score (nSPS) is 12.0. The van der Waals surface area contributed by atoms with Crippen molar-refractivity contribution in [2.75, 3.05) is 32.1 Å². The molecule has 12 heteroatoms. The lowest BCUT2D eigenvalue weighted by atomic mass is 9.95. The number of fused-ring (bicyclic) bond motifs is 1. The first-order chi connectivity index (χ1) is 19.5. The van der Waals surface area contributed by atoms with Gasteiger partial charge in [-0.3, -0.25) is 10.1 Å². The van der Waals surface area contributed by atoms with Crippen molar-refractivity contribution in [2.45, 2.75) is 39.3 Å². The summed E-state index contributed by atoms with van der Waals surface area (Å²) in [6.45, 7) is 3.57. The largest absolute Gasteiger partial charge is 0.447 e. The SMILES string of the molecule is CN(C(=O)NCc1cccc(F)c1Cl)[C@@H](CCC(=O)NCC(C)(C)CO)COC(=O)Nc1cc2ccccc2cn1. The number of nitrogens with one attached hydrogen (secondary N) is 3. The van der Waals surface area contributed by atoms with Gasteiger partial charge in [0.05, 0.1) is 11.1 Å². The molecule has 3 aromatic rings. The Labute approximate surface area is 243 Å². The second-order valence-corrected chi connectivity index (χ2v) is 10.8. The number of carbonyl (C=O) groups excluding carboxylic acids is 3. The molecule has 0 aliphatic carbocycles. The summed E-state index contributed by atoms with van der Waals surface area (Å²) in [7, 11) is 1.51. The molecule has 0 spiro atoms. The van der Waals surface area contributed by atoms with Crippen LogP contribution in [0.15, 0.2) is 54.7 Å². The summed E-state index contributed by atoms with van der Waals surface area (Å²) in [6, 6.07) is 12.4. The van der Waals surface area contributed by atoms with Crippen molar-refractivity contribution in [1.82, 2.24) is 20.5 Å². The molecule has 0 aliphatic heterocycles. The van der Waals surface area contributed by atoms with Gasteiger partial charge in [-0.25, -0.2) is 19.0 Å². The number of ether oxygens (including phenoxy) is 1. The van der Waals surface area contributed by atoms with Crippen LogP contribution in [-0.4, -0.2) is 65.9 Å². The van der Waals surface area contributed by atoms with Crippen LogP contribution in [0, 0.1) is 11.2 Å². The maximum absolute atomic E-state index is 13.8. The number of urea groups is 1. The lowest BCUT2D eigenvalue weighted by molar-refractivity contribution is -0.122. The molecule has 0 saturated carbocycles. The monoisotopic (exact) mass is 587 g/mol. The molecule has 0 radical (unpaired) electrons. The number of hydrogen-bond donors (Lipinski definition) is 4. The third kappa shape index (κ3) is 9.58. The number of likely N-dealkylation sites (N-methyl/N-ethyl adjacent to an activating group) is 1. The number of benzene rings is 2. The Morgan fingerprint density at radius 1 is 1.12 bits per heavy atom. The van der Waals surface area contributed by atoms with Gasteiger partial charge in [-0.1, -0.05) is 61.8 Å². The van der Waals surface area contributed by atoms with Gasteiger partial charge >= 0.3 is 12.1 Å². The zero-order valence-electron chi connectivity index (χ0n) is 23.2. The summed E-state index contributed by atoms with van der Waals surface area (Å²) in [5, 5.41) is 19.2. The van der Waals surface area contributed by atoms with Gasteiger partial charge in [-0.15, -0.1) is 0 Å². The summed E-state index contributed by atoms with van der Waals surface area (Å²) in [4.78, 5) is 43.5. The number of hydrogen-bond acceptors (Lipinski definition) is 6. The summed E-state index contributed by atoms with van der Waals surface area (Å²) >= 11 is 5.99. The van der Waals surface area contributed by atoms with Crippen LogP contribution in [0.1, 0.15) is 32.3 Å². The van der Waals surface area contributed by atoms with Crippen molar-refractivity contribution in [2.24, 2.45) is 5.41 Å². The van der Waals surface area contributed by atoms with E-state index in [4.69, 9.17) is 16.3 Å². The molecule has 0 saturated heterocycles. The highest BCUT2D eigenvalue weighted by Gasteiger charge is 2.24. The van der Waals surface area contributed by atoms with E-state index < -0.39 is 29.4 Å². The number of aliphatic hydroxyl groups excluding tert-OH is 1. The van der Waals surface area contributed by atoms with Crippen molar-refractivity contribution in [1.29, 1.82) is 0 Å². The van der Waals surface area contributed by atoms with Gasteiger partial charge < -0.3 is 25.4 Å². The first-order valence-electron chi connectivity index (χ1n) is 13.1. The van der Waals surface area contributed by atoms with Crippen LogP contribution in [0.3, 0.4) is 0 Å². The summed E-state index contributed by atoms with van der Waals surface area (Å²) < 4.78 is 19.2. The molecule has 0 aliphatic rings. The van der Waals surface area contributed by atoms with E-state index in [1.165, 1.54) is 24.1 Å². The number of pyridine rings is 1. The molecule has 3 rings (SSSR count). The number of nitrogens with zero attached hydrogens (tertiary/aromatic N) is 2. The van der Waals surface area contributed by atoms with Gasteiger partial charge in [0, 0.05) is 50.2 Å². The van der Waals surface area contributed by atoms with Crippen molar-refractivity contribution in [3.63, 3.8) is 0 Å². The molecule has 220 valence electrons. The van der Waals surface area contributed by atoms with Crippen LogP contribution in [-0.2, 0) is 16.1 Å². The number of carbonyl (C=O) groups is 3. The Kier molecular flexibility index (Phi) is 11.2. The second kappa shape index (κ2) is 14.6. The van der Waals surface area contributed by atoms with E-state index in [2.05, 4.69) is 20.9 Å². The topological polar surface area (TPSA) is 133 Å². The van der Waals surface area contributed by atoms with Gasteiger partial charge in [0.25, 0.3) is 0 Å². The van der Waals surface area contributed by atoms with Crippen LogP contribution in [0.25, 0.3) is 10.8 Å². The Morgan fingerprint density at radius 2 is 1.85 bits per heavy atom. The minimum atomic E-state index is -0.771. The Bertz CT molecular complexity index is 1370. The molecule has 4 N–H and O–H groups in total. The highest BCUT2D eigenvalue weighted by atomic mass is 35.5. The minimum absolute atomic E-state index is 0.0296. The summed E-state index contributed by atoms with van der Waals surface area (Å²) in [5.74, 6) is -0.573. The highest BCUT2D eigenvalue weighted by Crippen LogP contribution is 2.20. The maximum atomic E-state index is 13.8. The van der Waals surface area contributed by atoms with Gasteiger partial charge in [0.15, 0.2) is 0 Å². The van der Waals surface area contributed by atoms with Crippen molar-refractivity contribution < 1.29 is 28.6 Å². The van der Waals surface area contributed by atoms with E-state index >= 15 is 0 Å². The summed E-state index contributed by atoms with van der Waals surface area (Å²) in [5.41, 5.74) is -0.0867. The van der Waals surface area contributed by atoms with Gasteiger partial charge in [-0.2, -0.15) is 0 Å². The standard InChI is InChI=1S/C29H35ClFN5O5/c1-29(2,18-37)17-34-25(38)12-11-22(36(3)27(39)33-15-21-9-6-10-23(31)26(21)30)16-41-28(40)35-24-13-19-7-4-5-8-20(19)14-32-24/h4-10,13-14,22,37H,11-12,15-18H2,1-3H3,(H,33,39)(H,34,38)(H,32,35,40)/t22-/m0/s1. The molecule has 0 unspecified atom stereocenters. The highest BCUT2D eigenvalue weighted by molar-refractivity contribution is 6.31. The molecule has 1 atom stereocenters. The number of rotatable bonds is 12. The molecule has 10 nitrogen and oxygen atoms in total. The fourth-order valence-electron chi connectivity index (χ4n) is 3.78. The van der Waals surface area contributed by atoms with Crippen molar-refractivity contribution in [3.05, 3.63) is 71.1 Å². The van der Waals surface area contributed by atoms with E-state index in [9.17, 15) is 23.9 Å². The fraction of sp³-hybridized carbons (Fsp3) is 0.379. The molecule has 0 fully saturated rings. The lowest BCUT2D eigenvalue weighted by Crippen LogP contribution is -2.46. The minimum Gasteiger partial charge on any atom is -0.447 e. The maximum Gasteiger partial charge on any atom is 0.412 e. The molecule has 41 heavy (non-hydrogen) atoms. The first-order valence-corrected chi connectivity index (χ1v) is 13.5.